The molecule has 0 heterocycles. The summed E-state index contributed by atoms with van der Waals surface area (Å²) < 4.78 is 103. The van der Waals surface area contributed by atoms with Gasteiger partial charge in [-0.2, -0.15) is 25.3 Å². The number of hydrogen-bond donors (Lipinski definition) is 4. The van der Waals surface area contributed by atoms with Crippen molar-refractivity contribution in [2.45, 2.75) is 26.0 Å². The number of amides is 1. The average molecular weight is 570 g/mol. The van der Waals surface area contributed by atoms with Gasteiger partial charge in [0.15, 0.2) is 0 Å². The molecule has 37 heavy (non-hydrogen) atoms. The lowest BCUT2D eigenvalue weighted by molar-refractivity contribution is -0.125. The largest absolute Gasteiger partial charge is 0.369 e. The van der Waals surface area contributed by atoms with Crippen LogP contribution in [0.2, 0.25) is 0 Å². The highest BCUT2D eigenvalue weighted by Crippen LogP contribution is 2.49. The maximum atomic E-state index is 13.4. The van der Waals surface area contributed by atoms with Crippen LogP contribution in [0, 0.1) is 0 Å². The number of benzene rings is 3. The molecule has 0 aliphatic carbocycles. The van der Waals surface area contributed by atoms with Crippen molar-refractivity contribution in [2.75, 3.05) is 0 Å². The van der Waals surface area contributed by atoms with E-state index in [-0.39, 0.29) is 6.29 Å². The molecule has 0 saturated heterocycles. The van der Waals surface area contributed by atoms with Crippen LogP contribution in [0.5, 0.6) is 0 Å². The Hall–Kier alpha value is -3.47. The van der Waals surface area contributed by atoms with Crippen molar-refractivity contribution in [2.24, 2.45) is 5.73 Å². The van der Waals surface area contributed by atoms with Gasteiger partial charge in [-0.15, -0.1) is 0 Å². The summed E-state index contributed by atoms with van der Waals surface area (Å²) >= 11 is 0. The molecule has 0 saturated carbocycles. The van der Waals surface area contributed by atoms with Gasteiger partial charge < -0.3 is 10.5 Å². The number of primary amides is 1. The van der Waals surface area contributed by atoms with Crippen LogP contribution in [0.4, 0.5) is 0 Å². The number of nitrogens with two attached hydrogens (primary N) is 1. The Balaban J connectivity index is 2.72. The maximum absolute atomic E-state index is 13.4. The minimum atomic E-state index is -5.17. The fourth-order valence-corrected chi connectivity index (χ4v) is 6.57. The van der Waals surface area contributed by atoms with E-state index in [1.807, 2.05) is 0 Å². The first-order chi connectivity index (χ1) is 17.1. The number of hydrogen-bond acceptors (Lipinski definition) is 8. The van der Waals surface area contributed by atoms with Crippen molar-refractivity contribution in [3.8, 4) is 0 Å². The van der Waals surface area contributed by atoms with Crippen molar-refractivity contribution in [1.29, 1.82) is 0 Å². The predicted molar refractivity (Wildman–Crippen MR) is 128 cm³/mol. The van der Waals surface area contributed by atoms with Crippen LogP contribution in [0.15, 0.2) is 87.5 Å². The van der Waals surface area contributed by atoms with Crippen molar-refractivity contribution >= 4 is 42.5 Å². The lowest BCUT2D eigenvalue weighted by Gasteiger charge is -2.38. The molecule has 196 valence electrons. The first kappa shape index (κ1) is 28.1. The number of carbonyl (C=O) groups excluding carboxylic acids is 2. The monoisotopic (exact) mass is 569 g/mol. The van der Waals surface area contributed by atoms with E-state index in [9.17, 15) is 48.5 Å². The minimum absolute atomic E-state index is 0.0102. The first-order valence-corrected chi connectivity index (χ1v) is 14.4. The zero-order valence-corrected chi connectivity index (χ0v) is 20.9. The molecule has 12 nitrogen and oxygen atoms in total. The van der Waals surface area contributed by atoms with E-state index in [0.29, 0.717) is 0 Å². The molecule has 0 fully saturated rings. The SMILES string of the molecule is NC(=O)C(c1ccccc1S(=O)(=O)O)(c1ccccc1S(=O)(=O)O)C(C=O)c1ccccc1S(=O)(=O)O. The van der Waals surface area contributed by atoms with Gasteiger partial charge in [-0.3, -0.25) is 18.5 Å². The van der Waals surface area contributed by atoms with E-state index in [2.05, 4.69) is 0 Å². The molecular weight excluding hydrogens is 550 g/mol. The van der Waals surface area contributed by atoms with Gasteiger partial charge in [-0.1, -0.05) is 54.6 Å². The van der Waals surface area contributed by atoms with Gasteiger partial charge in [-0.05, 0) is 34.9 Å². The second-order valence-corrected chi connectivity index (χ2v) is 11.9. The zero-order valence-electron chi connectivity index (χ0n) is 18.5. The van der Waals surface area contributed by atoms with Gasteiger partial charge in [0.25, 0.3) is 30.4 Å². The fourth-order valence-electron chi connectivity index (χ4n) is 4.31. The summed E-state index contributed by atoms with van der Waals surface area (Å²) in [5.41, 5.74) is 0.925. The van der Waals surface area contributed by atoms with Crippen LogP contribution in [-0.2, 0) is 45.4 Å². The molecule has 0 aliphatic rings. The highest BCUT2D eigenvalue weighted by Gasteiger charge is 2.53. The summed E-state index contributed by atoms with van der Waals surface area (Å²) in [6.45, 7) is 0. The molecule has 0 aromatic heterocycles. The average Bonchev–Trinajstić information content (AvgIpc) is 2.80. The third-order valence-electron chi connectivity index (χ3n) is 5.70. The Morgan fingerprint density at radius 2 is 1.03 bits per heavy atom. The molecule has 3 aromatic carbocycles. The highest BCUT2D eigenvalue weighted by atomic mass is 32.2. The zero-order chi connectivity index (χ0) is 27.8. The Labute approximate surface area is 212 Å². The van der Waals surface area contributed by atoms with E-state index in [0.717, 1.165) is 48.5 Å². The Bertz CT molecular complexity index is 1640. The number of rotatable bonds is 9. The van der Waals surface area contributed by atoms with Gasteiger partial charge in [0.2, 0.25) is 5.91 Å². The molecule has 0 aliphatic heterocycles. The molecule has 1 amide bonds. The normalized spacial score (nSPS) is 13.6. The first-order valence-electron chi connectivity index (χ1n) is 10.0. The second-order valence-electron chi connectivity index (χ2n) is 7.74. The molecule has 1 unspecified atom stereocenters. The van der Waals surface area contributed by atoms with Crippen LogP contribution in [0.25, 0.3) is 0 Å². The number of carbonyl (C=O) groups is 2. The van der Waals surface area contributed by atoms with Gasteiger partial charge in [0, 0.05) is 0 Å². The summed E-state index contributed by atoms with van der Waals surface area (Å²) in [7, 11) is -15.4. The fraction of sp³-hybridized carbons (Fsp3) is 0.0909. The van der Waals surface area contributed by atoms with Gasteiger partial charge in [0.1, 0.15) is 11.7 Å². The van der Waals surface area contributed by atoms with Crippen LogP contribution < -0.4 is 5.73 Å². The molecular formula is C22H19NO11S3. The molecule has 0 spiro atoms. The van der Waals surface area contributed by atoms with E-state index < -0.39 is 79.0 Å². The second kappa shape index (κ2) is 9.77. The Kier molecular flexibility index (Phi) is 7.42. The predicted octanol–water partition coefficient (Wildman–Crippen LogP) is 1.18. The lowest BCUT2D eigenvalue weighted by atomic mass is 9.63. The summed E-state index contributed by atoms with van der Waals surface area (Å²) in [5.74, 6) is -3.67. The Morgan fingerprint density at radius 1 is 0.676 bits per heavy atom. The van der Waals surface area contributed by atoms with Crippen molar-refractivity contribution < 1.29 is 48.5 Å². The molecule has 1 atom stereocenters. The van der Waals surface area contributed by atoms with Crippen molar-refractivity contribution in [1.82, 2.24) is 0 Å². The molecule has 3 aromatic rings. The van der Waals surface area contributed by atoms with Crippen LogP contribution in [0.1, 0.15) is 22.6 Å². The molecule has 3 rings (SSSR count). The number of aldehydes is 1. The smallest absolute Gasteiger partial charge is 0.294 e. The third kappa shape index (κ3) is 5.04. The summed E-state index contributed by atoms with van der Waals surface area (Å²) in [6, 6.07) is 12.6. The van der Waals surface area contributed by atoms with Gasteiger partial charge >= 0.3 is 0 Å². The van der Waals surface area contributed by atoms with Gasteiger partial charge in [-0.25, -0.2) is 0 Å². The molecule has 5 N–H and O–H groups in total. The Morgan fingerprint density at radius 3 is 1.38 bits per heavy atom. The summed E-state index contributed by atoms with van der Waals surface area (Å²) in [4.78, 5) is 23.3. The van der Waals surface area contributed by atoms with E-state index in [1.54, 1.807) is 0 Å². The van der Waals surface area contributed by atoms with Crippen LogP contribution in [-0.4, -0.2) is 51.1 Å². The summed E-state index contributed by atoms with van der Waals surface area (Å²) in [5, 5.41) is 0. The standard InChI is InChI=1S/C22H19NO11S3/c23-21(25)22(15-8-2-5-11-19(15)36(29,30)31,16-9-3-6-12-20(16)37(32,33)34)17(13-24)14-7-1-4-10-18(14)35(26,27)28/h1-13,17H,(H2,23,25)(H,26,27,28)(H,29,30,31)(H,32,33,34). The van der Waals surface area contributed by atoms with Crippen molar-refractivity contribution in [3.05, 3.63) is 89.5 Å². The van der Waals surface area contributed by atoms with E-state index >= 15 is 0 Å². The summed E-state index contributed by atoms with van der Waals surface area (Å²) in [6.07, 6.45) is 0.0102. The molecule has 15 heteroatoms. The maximum Gasteiger partial charge on any atom is 0.294 e. The van der Waals surface area contributed by atoms with Crippen molar-refractivity contribution in [3.63, 3.8) is 0 Å². The van der Waals surface area contributed by atoms with E-state index in [4.69, 9.17) is 5.73 Å². The highest BCUT2D eigenvalue weighted by molar-refractivity contribution is 7.86. The van der Waals surface area contributed by atoms with Gasteiger partial charge in [0.05, 0.1) is 20.6 Å². The van der Waals surface area contributed by atoms with Crippen LogP contribution in [0.3, 0.4) is 0 Å². The molecule has 0 bridgehead atoms. The van der Waals surface area contributed by atoms with Crippen LogP contribution >= 0.6 is 0 Å². The quantitative estimate of drug-likeness (QED) is 0.211. The van der Waals surface area contributed by atoms with E-state index in [1.165, 1.54) is 24.3 Å². The minimum Gasteiger partial charge on any atom is -0.369 e. The lowest BCUT2D eigenvalue weighted by Crippen LogP contribution is -2.49. The topological polar surface area (TPSA) is 223 Å². The third-order valence-corrected chi connectivity index (χ3v) is 8.45. The molecule has 0 radical (unpaired) electrons.